The number of rotatable bonds is 4. The van der Waals surface area contributed by atoms with Crippen LogP contribution in [0.4, 0.5) is 17.1 Å². The number of para-hydroxylation sites is 3. The van der Waals surface area contributed by atoms with Gasteiger partial charge in [-0.15, -0.1) is 0 Å². The van der Waals surface area contributed by atoms with Crippen molar-refractivity contribution in [2.24, 2.45) is 0 Å². The Labute approximate surface area is 126 Å². The van der Waals surface area contributed by atoms with Crippen molar-refractivity contribution in [2.45, 2.75) is 0 Å². The minimum atomic E-state index is -0.0948. The molecule has 2 aromatic carbocycles. The molecule has 0 atom stereocenters. The SMILES string of the molecule is CN(CC(=O)Nc1ccccc1Br)c1ccccc1N. The molecule has 0 aliphatic rings. The summed E-state index contributed by atoms with van der Waals surface area (Å²) in [5, 5.41) is 2.86. The van der Waals surface area contributed by atoms with Gasteiger partial charge in [-0.1, -0.05) is 24.3 Å². The summed E-state index contributed by atoms with van der Waals surface area (Å²) in [5.74, 6) is -0.0948. The van der Waals surface area contributed by atoms with Crippen LogP contribution in [0.3, 0.4) is 0 Å². The van der Waals surface area contributed by atoms with Crippen LogP contribution in [0.1, 0.15) is 0 Å². The van der Waals surface area contributed by atoms with Gasteiger partial charge in [-0.3, -0.25) is 4.79 Å². The second-order valence-corrected chi connectivity index (χ2v) is 5.30. The van der Waals surface area contributed by atoms with Gasteiger partial charge in [0.05, 0.1) is 23.6 Å². The largest absolute Gasteiger partial charge is 0.397 e. The van der Waals surface area contributed by atoms with Crippen LogP contribution in [0, 0.1) is 0 Å². The van der Waals surface area contributed by atoms with E-state index in [1.807, 2.05) is 60.5 Å². The Morgan fingerprint density at radius 2 is 1.85 bits per heavy atom. The topological polar surface area (TPSA) is 58.4 Å². The summed E-state index contributed by atoms with van der Waals surface area (Å²) in [5.41, 5.74) is 8.15. The average molecular weight is 334 g/mol. The molecule has 2 rings (SSSR count). The molecule has 104 valence electrons. The van der Waals surface area contributed by atoms with Crippen LogP contribution in [-0.4, -0.2) is 19.5 Å². The number of anilines is 3. The van der Waals surface area contributed by atoms with Crippen LogP contribution in [-0.2, 0) is 4.79 Å². The molecule has 0 radical (unpaired) electrons. The Balaban J connectivity index is 2.02. The third-order valence-corrected chi connectivity index (χ3v) is 3.57. The van der Waals surface area contributed by atoms with Crippen molar-refractivity contribution in [2.75, 3.05) is 29.5 Å². The van der Waals surface area contributed by atoms with Crippen molar-refractivity contribution in [1.82, 2.24) is 0 Å². The lowest BCUT2D eigenvalue weighted by atomic mass is 10.2. The lowest BCUT2D eigenvalue weighted by Crippen LogP contribution is -2.30. The van der Waals surface area contributed by atoms with E-state index in [4.69, 9.17) is 5.73 Å². The number of amides is 1. The van der Waals surface area contributed by atoms with Gasteiger partial charge in [-0.2, -0.15) is 0 Å². The first-order valence-corrected chi connectivity index (χ1v) is 6.97. The number of benzene rings is 2. The highest BCUT2D eigenvalue weighted by Crippen LogP contribution is 2.22. The molecule has 1 amide bonds. The minimum Gasteiger partial charge on any atom is -0.397 e. The highest BCUT2D eigenvalue weighted by molar-refractivity contribution is 9.10. The number of halogens is 1. The van der Waals surface area contributed by atoms with Gasteiger partial charge in [0, 0.05) is 11.5 Å². The highest BCUT2D eigenvalue weighted by atomic mass is 79.9. The van der Waals surface area contributed by atoms with Gasteiger partial charge >= 0.3 is 0 Å². The zero-order chi connectivity index (χ0) is 14.5. The summed E-state index contributed by atoms with van der Waals surface area (Å²) in [6.45, 7) is 0.232. The number of hydrogen-bond acceptors (Lipinski definition) is 3. The average Bonchev–Trinajstić information content (AvgIpc) is 2.41. The molecule has 0 unspecified atom stereocenters. The van der Waals surface area contributed by atoms with Crippen LogP contribution < -0.4 is 16.0 Å². The predicted octanol–water partition coefficient (Wildman–Crippen LogP) is 3.11. The van der Waals surface area contributed by atoms with Crippen LogP contribution in [0.25, 0.3) is 0 Å². The molecule has 0 saturated heterocycles. The number of likely N-dealkylation sites (N-methyl/N-ethyl adjacent to an activating group) is 1. The molecule has 0 aliphatic heterocycles. The smallest absolute Gasteiger partial charge is 0.243 e. The van der Waals surface area contributed by atoms with E-state index in [1.165, 1.54) is 0 Å². The van der Waals surface area contributed by atoms with E-state index in [0.717, 1.165) is 15.8 Å². The molecule has 3 N–H and O–H groups in total. The van der Waals surface area contributed by atoms with E-state index in [9.17, 15) is 4.79 Å². The van der Waals surface area contributed by atoms with E-state index in [-0.39, 0.29) is 12.5 Å². The molecular formula is C15H16BrN3O. The van der Waals surface area contributed by atoms with Gasteiger partial charge in [0.2, 0.25) is 5.91 Å². The summed E-state index contributed by atoms with van der Waals surface area (Å²) in [4.78, 5) is 13.9. The Hall–Kier alpha value is -2.01. The summed E-state index contributed by atoms with van der Waals surface area (Å²) in [6, 6.07) is 15.0. The van der Waals surface area contributed by atoms with Crippen molar-refractivity contribution >= 4 is 38.9 Å². The van der Waals surface area contributed by atoms with Crippen LogP contribution >= 0.6 is 15.9 Å². The number of nitrogen functional groups attached to an aromatic ring is 1. The van der Waals surface area contributed by atoms with Crippen molar-refractivity contribution < 1.29 is 4.79 Å². The molecule has 0 heterocycles. The number of hydrogen-bond donors (Lipinski definition) is 2. The molecule has 0 saturated carbocycles. The predicted molar refractivity (Wildman–Crippen MR) is 86.9 cm³/mol. The van der Waals surface area contributed by atoms with Crippen LogP contribution in [0.15, 0.2) is 53.0 Å². The molecule has 2 aromatic rings. The van der Waals surface area contributed by atoms with Gasteiger partial charge in [0.15, 0.2) is 0 Å². The van der Waals surface area contributed by atoms with Gasteiger partial charge < -0.3 is 16.0 Å². The van der Waals surface area contributed by atoms with E-state index in [2.05, 4.69) is 21.2 Å². The van der Waals surface area contributed by atoms with Crippen molar-refractivity contribution in [1.29, 1.82) is 0 Å². The molecular weight excluding hydrogens is 318 g/mol. The van der Waals surface area contributed by atoms with Crippen LogP contribution in [0.5, 0.6) is 0 Å². The standard InChI is InChI=1S/C15H16BrN3O/c1-19(14-9-5-3-7-12(14)17)10-15(20)18-13-8-4-2-6-11(13)16/h2-9H,10,17H2,1H3,(H,18,20). The van der Waals surface area contributed by atoms with Gasteiger partial charge in [-0.05, 0) is 40.2 Å². The summed E-state index contributed by atoms with van der Waals surface area (Å²) in [6.07, 6.45) is 0. The molecule has 0 aromatic heterocycles. The number of nitrogens with zero attached hydrogens (tertiary/aromatic N) is 1. The molecule has 0 aliphatic carbocycles. The van der Waals surface area contributed by atoms with Gasteiger partial charge in [0.25, 0.3) is 0 Å². The summed E-state index contributed by atoms with van der Waals surface area (Å²) < 4.78 is 0.857. The zero-order valence-corrected chi connectivity index (χ0v) is 12.7. The lowest BCUT2D eigenvalue weighted by Gasteiger charge is -2.20. The maximum atomic E-state index is 12.0. The fourth-order valence-electron chi connectivity index (χ4n) is 1.89. The fourth-order valence-corrected chi connectivity index (χ4v) is 2.27. The van der Waals surface area contributed by atoms with Crippen molar-refractivity contribution in [3.63, 3.8) is 0 Å². The first-order valence-electron chi connectivity index (χ1n) is 6.18. The van der Waals surface area contributed by atoms with Gasteiger partial charge in [-0.25, -0.2) is 0 Å². The monoisotopic (exact) mass is 333 g/mol. The summed E-state index contributed by atoms with van der Waals surface area (Å²) in [7, 11) is 1.84. The maximum absolute atomic E-state index is 12.0. The number of nitrogens with one attached hydrogen (secondary N) is 1. The summed E-state index contributed by atoms with van der Waals surface area (Å²) >= 11 is 3.40. The van der Waals surface area contributed by atoms with E-state index < -0.39 is 0 Å². The number of nitrogens with two attached hydrogens (primary N) is 1. The quantitative estimate of drug-likeness (QED) is 0.845. The number of carbonyl (C=O) groups is 1. The second kappa shape index (κ2) is 6.43. The third-order valence-electron chi connectivity index (χ3n) is 2.88. The Bertz CT molecular complexity index is 616. The van der Waals surface area contributed by atoms with E-state index >= 15 is 0 Å². The third kappa shape index (κ3) is 3.51. The lowest BCUT2D eigenvalue weighted by molar-refractivity contribution is -0.114. The fraction of sp³-hybridized carbons (Fsp3) is 0.133. The first-order chi connectivity index (χ1) is 9.58. The number of carbonyl (C=O) groups excluding carboxylic acids is 1. The second-order valence-electron chi connectivity index (χ2n) is 4.44. The Morgan fingerprint density at radius 3 is 2.55 bits per heavy atom. The maximum Gasteiger partial charge on any atom is 0.243 e. The first kappa shape index (κ1) is 14.4. The van der Waals surface area contributed by atoms with Gasteiger partial charge in [0.1, 0.15) is 0 Å². The molecule has 0 spiro atoms. The van der Waals surface area contributed by atoms with Crippen molar-refractivity contribution in [3.05, 3.63) is 53.0 Å². The molecule has 0 fully saturated rings. The molecule has 5 heteroatoms. The molecule has 20 heavy (non-hydrogen) atoms. The van der Waals surface area contributed by atoms with E-state index in [1.54, 1.807) is 0 Å². The van der Waals surface area contributed by atoms with Crippen LogP contribution in [0.2, 0.25) is 0 Å². The molecule has 4 nitrogen and oxygen atoms in total. The normalized spacial score (nSPS) is 10.1. The van der Waals surface area contributed by atoms with E-state index in [0.29, 0.717) is 5.69 Å². The Morgan fingerprint density at radius 1 is 1.20 bits per heavy atom. The highest BCUT2D eigenvalue weighted by Gasteiger charge is 2.10. The van der Waals surface area contributed by atoms with Crippen molar-refractivity contribution in [3.8, 4) is 0 Å². The molecule has 0 bridgehead atoms. The minimum absolute atomic E-state index is 0.0948. The zero-order valence-electron chi connectivity index (χ0n) is 11.1. The Kier molecular flexibility index (Phi) is 4.63.